The topological polar surface area (TPSA) is 76.0 Å². The maximum atomic E-state index is 12.9. The maximum absolute atomic E-state index is 12.9. The fourth-order valence-electron chi connectivity index (χ4n) is 4.71. The minimum atomic E-state index is -1.20. The molecular weight excluding hydrogens is 596 g/mol. The number of unbranched alkanes of at least 4 members (excludes halogenated alkanes) is 1. The second-order valence-corrected chi connectivity index (χ2v) is 12.3. The van der Waals surface area contributed by atoms with Crippen LogP contribution in [0.3, 0.4) is 0 Å². The fourth-order valence-corrected chi connectivity index (χ4v) is 4.71. The van der Waals surface area contributed by atoms with Crippen molar-refractivity contribution in [2.75, 3.05) is 0 Å². The second kappa shape index (κ2) is 17.6. The molecule has 2 atom stereocenters. The van der Waals surface area contributed by atoms with Crippen LogP contribution in [0.25, 0.3) is 0 Å². The zero-order valence-electron chi connectivity index (χ0n) is 29.7. The van der Waals surface area contributed by atoms with Crippen molar-refractivity contribution in [3.05, 3.63) is 155 Å². The van der Waals surface area contributed by atoms with E-state index in [2.05, 4.69) is 13.8 Å². The van der Waals surface area contributed by atoms with Crippen LogP contribution in [0.5, 0.6) is 17.2 Å². The highest BCUT2D eigenvalue weighted by Gasteiger charge is 2.29. The predicted octanol–water partition coefficient (Wildman–Crippen LogP) is 10.4. The number of ether oxygens (including phenoxy) is 2. The first-order valence-corrected chi connectivity index (χ1v) is 16.9. The Balaban J connectivity index is 0.000000970. The van der Waals surface area contributed by atoms with Gasteiger partial charge in [0.2, 0.25) is 0 Å². The molecule has 5 nitrogen and oxygen atoms in total. The van der Waals surface area contributed by atoms with E-state index >= 15 is 0 Å². The summed E-state index contributed by atoms with van der Waals surface area (Å²) < 4.78 is 12.0. The van der Waals surface area contributed by atoms with Gasteiger partial charge >= 0.3 is 0 Å². The van der Waals surface area contributed by atoms with Crippen LogP contribution in [0, 0.1) is 13.3 Å². The molecule has 1 radical (unpaired) electrons. The number of carbonyl (C=O) groups excluding carboxylic acids is 1. The van der Waals surface area contributed by atoms with E-state index < -0.39 is 11.2 Å². The molecule has 0 heterocycles. The van der Waals surface area contributed by atoms with Gasteiger partial charge in [-0.1, -0.05) is 107 Å². The van der Waals surface area contributed by atoms with Crippen molar-refractivity contribution in [1.29, 1.82) is 0 Å². The smallest absolute Gasteiger partial charge is 0.193 e. The Labute approximate surface area is 287 Å². The molecule has 2 unspecified atom stereocenters. The SMILES string of the molecule is CC.CCCC.Cc1ccc(Oc2ccc(C(C)(O)C3=C[CH]C(Oc4ccc(C(=O)c5ccc(C(C)(C)O)cc5)cc4)C=C3)cc2)cc1. The third-order valence-corrected chi connectivity index (χ3v) is 7.91. The molecule has 0 bridgehead atoms. The van der Waals surface area contributed by atoms with Gasteiger partial charge in [0.1, 0.15) is 29.0 Å². The van der Waals surface area contributed by atoms with Gasteiger partial charge in [0.05, 0.1) is 5.60 Å². The maximum Gasteiger partial charge on any atom is 0.193 e. The Bertz CT molecular complexity index is 1620. The van der Waals surface area contributed by atoms with Crippen molar-refractivity contribution in [2.24, 2.45) is 0 Å². The second-order valence-electron chi connectivity index (χ2n) is 12.3. The quantitative estimate of drug-likeness (QED) is 0.168. The lowest BCUT2D eigenvalue weighted by atomic mass is 9.84. The molecule has 0 spiro atoms. The molecule has 5 rings (SSSR count). The molecule has 0 aromatic heterocycles. The lowest BCUT2D eigenvalue weighted by Gasteiger charge is -2.28. The number of ketones is 1. The van der Waals surface area contributed by atoms with Gasteiger partial charge in [-0.05, 0) is 99.0 Å². The number of carbonyl (C=O) groups is 1. The van der Waals surface area contributed by atoms with Gasteiger partial charge in [0.25, 0.3) is 0 Å². The first kappa shape index (κ1) is 38.0. The first-order valence-electron chi connectivity index (χ1n) is 16.9. The van der Waals surface area contributed by atoms with Crippen molar-refractivity contribution in [3.8, 4) is 17.2 Å². The minimum absolute atomic E-state index is 0.0995. The summed E-state index contributed by atoms with van der Waals surface area (Å²) in [5, 5.41) is 21.5. The lowest BCUT2D eigenvalue weighted by Crippen LogP contribution is -2.26. The van der Waals surface area contributed by atoms with E-state index in [-0.39, 0.29) is 11.9 Å². The van der Waals surface area contributed by atoms with E-state index in [1.165, 1.54) is 18.4 Å². The molecule has 1 aliphatic carbocycles. The summed E-state index contributed by atoms with van der Waals surface area (Å²) in [4.78, 5) is 12.9. The summed E-state index contributed by atoms with van der Waals surface area (Å²) in [5.41, 5.74) is 2.35. The van der Waals surface area contributed by atoms with Crippen LogP contribution in [0.2, 0.25) is 0 Å². The van der Waals surface area contributed by atoms with Crippen LogP contribution in [-0.2, 0) is 11.2 Å². The third-order valence-electron chi connectivity index (χ3n) is 7.91. The Kier molecular flexibility index (Phi) is 14.0. The fraction of sp³-hybridized carbons (Fsp3) is 0.302. The monoisotopic (exact) mass is 647 g/mol. The van der Waals surface area contributed by atoms with Crippen molar-refractivity contribution in [3.63, 3.8) is 0 Å². The summed E-state index contributed by atoms with van der Waals surface area (Å²) in [7, 11) is 0. The summed E-state index contributed by atoms with van der Waals surface area (Å²) >= 11 is 0. The van der Waals surface area contributed by atoms with Crippen molar-refractivity contribution < 1.29 is 24.5 Å². The number of benzene rings is 4. The normalized spacial score (nSPS) is 15.0. The van der Waals surface area contributed by atoms with Gasteiger partial charge in [-0.25, -0.2) is 0 Å². The van der Waals surface area contributed by atoms with E-state index in [1.54, 1.807) is 69.3 Å². The summed E-state index contributed by atoms with van der Waals surface area (Å²) in [6.07, 6.45) is 9.85. The van der Waals surface area contributed by atoms with Gasteiger partial charge in [-0.3, -0.25) is 4.79 Å². The van der Waals surface area contributed by atoms with Crippen LogP contribution in [-0.4, -0.2) is 22.1 Å². The van der Waals surface area contributed by atoms with E-state index in [4.69, 9.17) is 9.47 Å². The van der Waals surface area contributed by atoms with Crippen LogP contribution in [0.1, 0.15) is 93.9 Å². The number of aryl methyl sites for hydroxylation is 1. The molecule has 0 saturated carbocycles. The minimum Gasteiger partial charge on any atom is -0.486 e. The van der Waals surface area contributed by atoms with Crippen LogP contribution >= 0.6 is 0 Å². The predicted molar refractivity (Wildman–Crippen MR) is 197 cm³/mol. The number of hydrogen-bond acceptors (Lipinski definition) is 5. The first-order chi connectivity index (χ1) is 22.9. The zero-order valence-corrected chi connectivity index (χ0v) is 29.7. The molecular formula is C43H51O5. The molecule has 0 fully saturated rings. The van der Waals surface area contributed by atoms with Crippen molar-refractivity contribution in [1.82, 2.24) is 0 Å². The van der Waals surface area contributed by atoms with Gasteiger partial charge in [-0.15, -0.1) is 0 Å². The van der Waals surface area contributed by atoms with Crippen LogP contribution in [0.4, 0.5) is 0 Å². The highest BCUT2D eigenvalue weighted by molar-refractivity contribution is 6.09. The molecule has 1 aliphatic rings. The Hall–Kier alpha value is -4.45. The van der Waals surface area contributed by atoms with Crippen LogP contribution < -0.4 is 9.47 Å². The molecule has 48 heavy (non-hydrogen) atoms. The average molecular weight is 648 g/mol. The average Bonchev–Trinajstić information content (AvgIpc) is 3.10. The molecule has 0 saturated heterocycles. The van der Waals surface area contributed by atoms with Crippen LogP contribution in [0.15, 0.2) is 121 Å². The number of rotatable bonds is 10. The van der Waals surface area contributed by atoms with Gasteiger partial charge in [-0.2, -0.15) is 0 Å². The van der Waals surface area contributed by atoms with Crippen molar-refractivity contribution in [2.45, 2.75) is 85.5 Å². The molecule has 2 N–H and O–H groups in total. The molecule has 0 aliphatic heterocycles. The molecule has 4 aromatic carbocycles. The van der Waals surface area contributed by atoms with E-state index in [0.717, 1.165) is 22.4 Å². The molecule has 0 amide bonds. The van der Waals surface area contributed by atoms with Gasteiger partial charge in [0, 0.05) is 17.5 Å². The standard InChI is InChI=1S/C37H35O5.C4H10.C2H6/c1-25-5-17-31(18-6-25)41-33-21-13-29(14-22-33)37(4,40)30-15-23-34(24-16-30)42-32-19-9-27(10-20-32)35(38)26-7-11-28(12-8-26)36(2,3)39;1-3-4-2;1-2/h5-24,34,39-40H,1-4H3;3-4H2,1-2H3;1-2H3. The molecule has 4 aromatic rings. The summed E-state index contributed by atoms with van der Waals surface area (Å²) in [6, 6.07) is 29.3. The highest BCUT2D eigenvalue weighted by Crippen LogP contribution is 2.34. The van der Waals surface area contributed by atoms with E-state index in [9.17, 15) is 15.0 Å². The zero-order chi connectivity index (χ0) is 35.3. The van der Waals surface area contributed by atoms with Crippen molar-refractivity contribution >= 4 is 5.78 Å². The number of aliphatic hydroxyl groups is 2. The van der Waals surface area contributed by atoms with Gasteiger partial charge in [0.15, 0.2) is 5.78 Å². The largest absolute Gasteiger partial charge is 0.486 e. The Morgan fingerprint density at radius 3 is 1.60 bits per heavy atom. The third kappa shape index (κ3) is 10.5. The molecule has 253 valence electrons. The number of hydrogen-bond donors (Lipinski definition) is 2. The lowest BCUT2D eigenvalue weighted by molar-refractivity contribution is 0.0785. The van der Waals surface area contributed by atoms with E-state index in [1.807, 2.05) is 94.0 Å². The Morgan fingerprint density at radius 1 is 0.688 bits per heavy atom. The van der Waals surface area contributed by atoms with E-state index in [0.29, 0.717) is 22.6 Å². The Morgan fingerprint density at radius 2 is 1.15 bits per heavy atom. The molecule has 5 heteroatoms. The van der Waals surface area contributed by atoms with Gasteiger partial charge < -0.3 is 19.7 Å². The highest BCUT2D eigenvalue weighted by atomic mass is 16.5. The summed E-state index contributed by atoms with van der Waals surface area (Å²) in [6.45, 7) is 15.6. The summed E-state index contributed by atoms with van der Waals surface area (Å²) in [5.74, 6) is 1.99.